The molecule has 0 fully saturated rings. The molecule has 0 spiro atoms. The molecular formula is C12H8F4N2O2S. The van der Waals surface area contributed by atoms with Crippen molar-refractivity contribution >= 4 is 22.3 Å². The first kappa shape index (κ1) is 15.2. The third kappa shape index (κ3) is 2.97. The Labute approximate surface area is 120 Å². The summed E-state index contributed by atoms with van der Waals surface area (Å²) >= 11 is 0.812. The molecule has 0 radical (unpaired) electrons. The number of hydrogen-bond acceptors (Lipinski definition) is 5. The lowest BCUT2D eigenvalue weighted by molar-refractivity contribution is -0.139. The predicted octanol–water partition coefficient (Wildman–Crippen LogP) is 3.34. The number of nitrogens with zero attached hydrogens (tertiary/aromatic N) is 1. The molecule has 0 amide bonds. The van der Waals surface area contributed by atoms with E-state index in [1.165, 1.54) is 0 Å². The Bertz CT molecular complexity index is 697. The average Bonchev–Trinajstić information content (AvgIpc) is 2.79. The highest BCUT2D eigenvalue weighted by Crippen LogP contribution is 2.36. The Balaban J connectivity index is 2.51. The molecule has 2 rings (SSSR count). The van der Waals surface area contributed by atoms with Crippen molar-refractivity contribution in [1.29, 1.82) is 0 Å². The number of alkyl halides is 3. The van der Waals surface area contributed by atoms with Crippen LogP contribution in [0.3, 0.4) is 0 Å². The van der Waals surface area contributed by atoms with E-state index in [1.807, 2.05) is 0 Å². The minimum absolute atomic E-state index is 0.00901. The van der Waals surface area contributed by atoms with Gasteiger partial charge < -0.3 is 10.5 Å². The van der Waals surface area contributed by atoms with Crippen LogP contribution in [0, 0.1) is 5.82 Å². The number of carbonyl (C=O) groups is 1. The van der Waals surface area contributed by atoms with Gasteiger partial charge in [0.2, 0.25) is 0 Å². The number of esters is 1. The van der Waals surface area contributed by atoms with Gasteiger partial charge in [-0.25, -0.2) is 14.2 Å². The van der Waals surface area contributed by atoms with Crippen LogP contribution in [0.5, 0.6) is 0 Å². The second kappa shape index (κ2) is 5.32. The number of aromatic nitrogens is 1. The number of nitrogen functional groups attached to an aromatic ring is 1. The van der Waals surface area contributed by atoms with Crippen LogP contribution in [0.1, 0.15) is 16.1 Å². The normalized spacial score (nSPS) is 11.5. The third-order valence-electron chi connectivity index (χ3n) is 2.55. The van der Waals surface area contributed by atoms with Crippen LogP contribution in [-0.2, 0) is 10.9 Å². The topological polar surface area (TPSA) is 65.2 Å². The molecule has 0 aliphatic heterocycles. The van der Waals surface area contributed by atoms with Gasteiger partial charge >= 0.3 is 12.1 Å². The fraction of sp³-hybridized carbons (Fsp3) is 0.167. The van der Waals surface area contributed by atoms with Crippen molar-refractivity contribution in [2.24, 2.45) is 0 Å². The lowest BCUT2D eigenvalue weighted by Gasteiger charge is -2.08. The SMILES string of the molecule is COC(=O)c1nc(-c2ccc(F)c(C(F)(F)F)c2)sc1N. The molecule has 0 saturated heterocycles. The molecule has 9 heteroatoms. The largest absolute Gasteiger partial charge is 0.464 e. The summed E-state index contributed by atoms with van der Waals surface area (Å²) in [6.07, 6.45) is -4.83. The van der Waals surface area contributed by atoms with Gasteiger partial charge in [0, 0.05) is 5.56 Å². The van der Waals surface area contributed by atoms with Gasteiger partial charge in [-0.2, -0.15) is 13.2 Å². The van der Waals surface area contributed by atoms with Crippen molar-refractivity contribution in [3.05, 3.63) is 35.3 Å². The van der Waals surface area contributed by atoms with E-state index < -0.39 is 23.5 Å². The number of hydrogen-bond donors (Lipinski definition) is 1. The van der Waals surface area contributed by atoms with E-state index in [-0.39, 0.29) is 21.3 Å². The van der Waals surface area contributed by atoms with E-state index in [1.54, 1.807) is 0 Å². The van der Waals surface area contributed by atoms with Gasteiger partial charge in [0.1, 0.15) is 15.8 Å². The van der Waals surface area contributed by atoms with Crippen molar-refractivity contribution in [3.8, 4) is 10.6 Å². The molecule has 0 saturated carbocycles. The monoisotopic (exact) mass is 320 g/mol. The predicted molar refractivity (Wildman–Crippen MR) is 68.3 cm³/mol. The third-order valence-corrected chi connectivity index (χ3v) is 3.48. The van der Waals surface area contributed by atoms with E-state index in [2.05, 4.69) is 9.72 Å². The van der Waals surface area contributed by atoms with E-state index >= 15 is 0 Å². The van der Waals surface area contributed by atoms with Crippen LogP contribution in [-0.4, -0.2) is 18.1 Å². The summed E-state index contributed by atoms with van der Waals surface area (Å²) in [5, 5.41) is 0.0770. The number of nitrogens with two attached hydrogens (primary N) is 1. The second-order valence-electron chi connectivity index (χ2n) is 3.92. The van der Waals surface area contributed by atoms with Gasteiger partial charge in [-0.3, -0.25) is 0 Å². The van der Waals surface area contributed by atoms with Gasteiger partial charge in [0.15, 0.2) is 5.69 Å². The number of benzene rings is 1. The highest BCUT2D eigenvalue weighted by molar-refractivity contribution is 7.19. The Morgan fingerprint density at radius 3 is 2.62 bits per heavy atom. The number of halogens is 4. The van der Waals surface area contributed by atoms with Crippen molar-refractivity contribution in [2.45, 2.75) is 6.18 Å². The number of thiazole rings is 1. The highest BCUT2D eigenvalue weighted by atomic mass is 32.1. The van der Waals surface area contributed by atoms with Crippen molar-refractivity contribution in [3.63, 3.8) is 0 Å². The zero-order valence-corrected chi connectivity index (χ0v) is 11.3. The molecule has 4 nitrogen and oxygen atoms in total. The number of anilines is 1. The maximum Gasteiger partial charge on any atom is 0.419 e. The summed E-state index contributed by atoms with van der Waals surface area (Å²) in [7, 11) is 1.13. The van der Waals surface area contributed by atoms with Crippen molar-refractivity contribution in [2.75, 3.05) is 12.8 Å². The van der Waals surface area contributed by atoms with E-state index in [0.29, 0.717) is 12.1 Å². The van der Waals surface area contributed by atoms with Gasteiger partial charge in [-0.05, 0) is 18.2 Å². The minimum atomic E-state index is -4.83. The van der Waals surface area contributed by atoms with Crippen LogP contribution in [0.25, 0.3) is 10.6 Å². The summed E-state index contributed by atoms with van der Waals surface area (Å²) in [4.78, 5) is 15.2. The van der Waals surface area contributed by atoms with E-state index in [4.69, 9.17) is 5.73 Å². The summed E-state index contributed by atoms with van der Waals surface area (Å²) in [5.74, 6) is -2.18. The van der Waals surface area contributed by atoms with Gasteiger partial charge in [0.05, 0.1) is 12.7 Å². The Morgan fingerprint density at radius 1 is 1.38 bits per heavy atom. The highest BCUT2D eigenvalue weighted by Gasteiger charge is 2.34. The van der Waals surface area contributed by atoms with Crippen LogP contribution in [0.4, 0.5) is 22.6 Å². The molecule has 0 unspecified atom stereocenters. The molecule has 2 N–H and O–H groups in total. The molecule has 1 heterocycles. The lowest BCUT2D eigenvalue weighted by atomic mass is 10.1. The Kier molecular flexibility index (Phi) is 3.86. The van der Waals surface area contributed by atoms with Gasteiger partial charge in [-0.1, -0.05) is 11.3 Å². The molecule has 2 aromatic rings. The zero-order chi connectivity index (χ0) is 15.8. The molecule has 21 heavy (non-hydrogen) atoms. The maximum absolute atomic E-state index is 13.2. The molecule has 1 aromatic carbocycles. The van der Waals surface area contributed by atoms with Crippen molar-refractivity contribution < 1.29 is 27.1 Å². The van der Waals surface area contributed by atoms with Crippen LogP contribution >= 0.6 is 11.3 Å². The molecule has 0 bridgehead atoms. The van der Waals surface area contributed by atoms with Gasteiger partial charge in [0.25, 0.3) is 0 Å². The lowest BCUT2D eigenvalue weighted by Crippen LogP contribution is -2.08. The standard InChI is InChI=1S/C12H8F4N2O2S/c1-20-11(19)8-9(17)21-10(18-8)5-2-3-7(13)6(4-5)12(14,15)16/h2-4H,17H2,1H3. The van der Waals surface area contributed by atoms with E-state index in [0.717, 1.165) is 24.5 Å². The molecule has 112 valence electrons. The van der Waals surface area contributed by atoms with Crippen LogP contribution < -0.4 is 5.73 Å². The van der Waals surface area contributed by atoms with E-state index in [9.17, 15) is 22.4 Å². The Hall–Kier alpha value is -2.16. The Morgan fingerprint density at radius 2 is 2.05 bits per heavy atom. The zero-order valence-electron chi connectivity index (χ0n) is 10.5. The molecular weight excluding hydrogens is 312 g/mol. The summed E-state index contributed by atoms with van der Waals surface area (Å²) in [6.45, 7) is 0. The number of methoxy groups -OCH3 is 1. The first-order valence-corrected chi connectivity index (χ1v) is 6.27. The smallest absolute Gasteiger partial charge is 0.419 e. The minimum Gasteiger partial charge on any atom is -0.464 e. The molecule has 0 atom stereocenters. The first-order valence-electron chi connectivity index (χ1n) is 5.45. The number of carbonyl (C=O) groups excluding carboxylic acids is 1. The van der Waals surface area contributed by atoms with Crippen LogP contribution in [0.2, 0.25) is 0 Å². The summed E-state index contributed by atoms with van der Waals surface area (Å²) < 4.78 is 55.6. The summed E-state index contributed by atoms with van der Waals surface area (Å²) in [6, 6.07) is 2.44. The van der Waals surface area contributed by atoms with Gasteiger partial charge in [-0.15, -0.1) is 0 Å². The summed E-state index contributed by atoms with van der Waals surface area (Å²) in [5.41, 5.74) is 3.98. The first-order chi connectivity index (χ1) is 9.74. The molecule has 0 aliphatic rings. The number of ether oxygens (including phenoxy) is 1. The van der Waals surface area contributed by atoms with Crippen LogP contribution in [0.15, 0.2) is 18.2 Å². The molecule has 0 aliphatic carbocycles. The quantitative estimate of drug-likeness (QED) is 0.681. The molecule has 1 aromatic heterocycles. The maximum atomic E-state index is 13.2. The number of rotatable bonds is 2. The average molecular weight is 320 g/mol. The fourth-order valence-corrected chi connectivity index (χ4v) is 2.39. The second-order valence-corrected chi connectivity index (χ2v) is 4.95. The fourth-order valence-electron chi connectivity index (χ4n) is 1.57. The van der Waals surface area contributed by atoms with Crippen molar-refractivity contribution in [1.82, 2.24) is 4.98 Å².